The number of hydrogen-bond donors (Lipinski definition) is 2. The monoisotopic (exact) mass is 347 g/mol. The number of nitrogens with one attached hydrogen (secondary N) is 1. The van der Waals surface area contributed by atoms with Crippen LogP contribution in [0.1, 0.15) is 18.1 Å². The van der Waals surface area contributed by atoms with Crippen LogP contribution in [0.15, 0.2) is 46.1 Å². The van der Waals surface area contributed by atoms with Gasteiger partial charge in [-0.25, -0.2) is 4.99 Å². The van der Waals surface area contributed by atoms with Gasteiger partial charge < -0.3 is 5.73 Å². The summed E-state index contributed by atoms with van der Waals surface area (Å²) in [6, 6.07) is 7.48. The smallest absolute Gasteiger partial charge is 0.264 e. The standard InChI is InChI=1S/C14H14BrN5O/c1-2-20-8-10(7-17-20)14(12(21)18-13(16)19-14)9-4-3-5-11(15)6-9/h3-8H,2H2,1H3,(H3,16,18,19,21). The van der Waals surface area contributed by atoms with E-state index in [0.29, 0.717) is 5.56 Å². The van der Waals surface area contributed by atoms with Crippen LogP contribution >= 0.6 is 15.9 Å². The Balaban J connectivity index is 2.23. The van der Waals surface area contributed by atoms with Crippen LogP contribution < -0.4 is 11.1 Å². The molecule has 3 N–H and O–H groups in total. The third-order valence-corrected chi connectivity index (χ3v) is 3.97. The maximum absolute atomic E-state index is 12.6. The largest absolute Gasteiger partial charge is 0.370 e. The van der Waals surface area contributed by atoms with Gasteiger partial charge in [-0.3, -0.25) is 14.8 Å². The SMILES string of the molecule is CCn1cc(C2(c3cccc(Br)c3)N=C(N)NC2=O)cn1. The van der Waals surface area contributed by atoms with Crippen LogP contribution in [0.25, 0.3) is 0 Å². The van der Waals surface area contributed by atoms with Crippen LogP contribution in [-0.2, 0) is 16.9 Å². The van der Waals surface area contributed by atoms with Crippen molar-refractivity contribution in [2.24, 2.45) is 10.7 Å². The van der Waals surface area contributed by atoms with E-state index in [1.54, 1.807) is 10.9 Å². The van der Waals surface area contributed by atoms with Crippen molar-refractivity contribution in [3.05, 3.63) is 52.3 Å². The van der Waals surface area contributed by atoms with Gasteiger partial charge in [0.2, 0.25) is 0 Å². The van der Waals surface area contributed by atoms with Crippen molar-refractivity contribution < 1.29 is 4.79 Å². The predicted molar refractivity (Wildman–Crippen MR) is 82.6 cm³/mol. The minimum atomic E-state index is -1.18. The number of hydrogen-bond acceptors (Lipinski definition) is 4. The minimum Gasteiger partial charge on any atom is -0.370 e. The van der Waals surface area contributed by atoms with E-state index in [4.69, 9.17) is 5.73 Å². The van der Waals surface area contributed by atoms with Gasteiger partial charge in [-0.1, -0.05) is 28.1 Å². The van der Waals surface area contributed by atoms with Gasteiger partial charge in [0, 0.05) is 22.8 Å². The van der Waals surface area contributed by atoms with E-state index in [1.165, 1.54) is 0 Å². The average Bonchev–Trinajstić information content (AvgIpc) is 3.03. The molecule has 0 bridgehead atoms. The summed E-state index contributed by atoms with van der Waals surface area (Å²) in [6.07, 6.45) is 3.48. The summed E-state index contributed by atoms with van der Waals surface area (Å²) in [7, 11) is 0. The molecule has 1 unspecified atom stereocenters. The van der Waals surface area contributed by atoms with E-state index in [9.17, 15) is 4.79 Å². The Kier molecular flexibility index (Phi) is 3.29. The second-order valence-electron chi connectivity index (χ2n) is 4.76. The fraction of sp³-hybridized carbons (Fsp3) is 0.214. The van der Waals surface area contributed by atoms with E-state index < -0.39 is 5.54 Å². The molecule has 21 heavy (non-hydrogen) atoms. The summed E-state index contributed by atoms with van der Waals surface area (Å²) in [5.74, 6) is -0.155. The zero-order valence-corrected chi connectivity index (χ0v) is 13.0. The lowest BCUT2D eigenvalue weighted by molar-refractivity contribution is -0.122. The summed E-state index contributed by atoms with van der Waals surface area (Å²) < 4.78 is 2.63. The number of benzene rings is 1. The molecule has 108 valence electrons. The average molecular weight is 348 g/mol. The molecule has 3 rings (SSSR count). The fourth-order valence-corrected chi connectivity index (χ4v) is 2.86. The Bertz CT molecular complexity index is 738. The molecular formula is C14H14BrN5O. The highest BCUT2D eigenvalue weighted by Crippen LogP contribution is 2.37. The minimum absolute atomic E-state index is 0.115. The van der Waals surface area contributed by atoms with Crippen molar-refractivity contribution in [2.45, 2.75) is 19.0 Å². The Morgan fingerprint density at radius 1 is 1.43 bits per heavy atom. The van der Waals surface area contributed by atoms with Crippen LogP contribution in [0.5, 0.6) is 0 Å². The number of aliphatic imine (C=N–C) groups is 1. The van der Waals surface area contributed by atoms with Crippen LogP contribution in [0.3, 0.4) is 0 Å². The van der Waals surface area contributed by atoms with Gasteiger partial charge in [-0.15, -0.1) is 0 Å². The number of aryl methyl sites for hydroxylation is 1. The fourth-order valence-electron chi connectivity index (χ4n) is 2.46. The molecule has 7 heteroatoms. The molecule has 0 fully saturated rings. The summed E-state index contributed by atoms with van der Waals surface area (Å²) >= 11 is 3.43. The first-order valence-corrected chi connectivity index (χ1v) is 7.31. The zero-order chi connectivity index (χ0) is 15.0. The lowest BCUT2D eigenvalue weighted by Gasteiger charge is -2.22. The molecule has 1 amide bonds. The Labute approximate surface area is 130 Å². The van der Waals surface area contributed by atoms with Gasteiger partial charge in [-0.2, -0.15) is 5.10 Å². The molecule has 1 aromatic heterocycles. The lowest BCUT2D eigenvalue weighted by atomic mass is 9.85. The Morgan fingerprint density at radius 3 is 2.81 bits per heavy atom. The Morgan fingerprint density at radius 2 is 2.24 bits per heavy atom. The van der Waals surface area contributed by atoms with Crippen molar-refractivity contribution in [1.82, 2.24) is 15.1 Å². The van der Waals surface area contributed by atoms with E-state index in [-0.39, 0.29) is 11.9 Å². The molecule has 0 spiro atoms. The Hall–Kier alpha value is -2.15. The van der Waals surface area contributed by atoms with Crippen LogP contribution in [0.2, 0.25) is 0 Å². The highest BCUT2D eigenvalue weighted by atomic mass is 79.9. The molecular weight excluding hydrogens is 334 g/mol. The van der Waals surface area contributed by atoms with Gasteiger partial charge in [0.25, 0.3) is 5.91 Å². The second-order valence-corrected chi connectivity index (χ2v) is 5.67. The van der Waals surface area contributed by atoms with Crippen molar-refractivity contribution in [3.8, 4) is 0 Å². The predicted octanol–water partition coefficient (Wildman–Crippen LogP) is 1.35. The zero-order valence-electron chi connectivity index (χ0n) is 11.4. The number of guanidine groups is 1. The number of amides is 1. The van der Waals surface area contributed by atoms with Crippen molar-refractivity contribution in [2.75, 3.05) is 0 Å². The number of aromatic nitrogens is 2. The molecule has 1 aromatic carbocycles. The van der Waals surface area contributed by atoms with Gasteiger partial charge in [0.15, 0.2) is 11.5 Å². The molecule has 0 aliphatic carbocycles. The summed E-state index contributed by atoms with van der Waals surface area (Å²) in [5.41, 5.74) is 5.99. The number of carbonyl (C=O) groups excluding carboxylic acids is 1. The molecule has 0 saturated carbocycles. The third-order valence-electron chi connectivity index (χ3n) is 3.48. The number of halogens is 1. The van der Waals surface area contributed by atoms with Crippen molar-refractivity contribution >= 4 is 27.8 Å². The molecule has 0 saturated heterocycles. The van der Waals surface area contributed by atoms with Crippen molar-refractivity contribution in [3.63, 3.8) is 0 Å². The first-order chi connectivity index (χ1) is 10.1. The first-order valence-electron chi connectivity index (χ1n) is 6.52. The van der Waals surface area contributed by atoms with E-state index >= 15 is 0 Å². The van der Waals surface area contributed by atoms with Gasteiger partial charge in [0.05, 0.1) is 6.20 Å². The third kappa shape index (κ3) is 2.13. The van der Waals surface area contributed by atoms with E-state index in [0.717, 1.165) is 16.6 Å². The number of carbonyl (C=O) groups is 1. The molecule has 1 aliphatic rings. The van der Waals surface area contributed by atoms with Crippen LogP contribution in [-0.4, -0.2) is 21.6 Å². The normalized spacial score (nSPS) is 21.2. The second kappa shape index (κ2) is 5.00. The van der Waals surface area contributed by atoms with Gasteiger partial charge in [0.1, 0.15) is 0 Å². The first kappa shape index (κ1) is 13.8. The van der Waals surface area contributed by atoms with Gasteiger partial charge >= 0.3 is 0 Å². The van der Waals surface area contributed by atoms with E-state index in [2.05, 4.69) is 31.3 Å². The highest BCUT2D eigenvalue weighted by molar-refractivity contribution is 9.10. The maximum Gasteiger partial charge on any atom is 0.264 e. The maximum atomic E-state index is 12.6. The quantitative estimate of drug-likeness (QED) is 0.878. The van der Waals surface area contributed by atoms with Gasteiger partial charge in [-0.05, 0) is 24.6 Å². The highest BCUT2D eigenvalue weighted by Gasteiger charge is 2.47. The number of nitrogens with zero attached hydrogens (tertiary/aromatic N) is 3. The lowest BCUT2D eigenvalue weighted by Crippen LogP contribution is -2.39. The summed E-state index contributed by atoms with van der Waals surface area (Å²) in [6.45, 7) is 2.70. The molecule has 2 heterocycles. The topological polar surface area (TPSA) is 85.3 Å². The number of nitrogens with two attached hydrogens (primary N) is 1. The number of rotatable bonds is 3. The summed E-state index contributed by atoms with van der Waals surface area (Å²) in [5, 5.41) is 6.83. The van der Waals surface area contributed by atoms with Crippen LogP contribution in [0.4, 0.5) is 0 Å². The van der Waals surface area contributed by atoms with Crippen molar-refractivity contribution in [1.29, 1.82) is 0 Å². The molecule has 1 aliphatic heterocycles. The summed E-state index contributed by atoms with van der Waals surface area (Å²) in [4.78, 5) is 16.9. The molecule has 2 aromatic rings. The van der Waals surface area contributed by atoms with E-state index in [1.807, 2.05) is 37.4 Å². The van der Waals surface area contributed by atoms with Crippen LogP contribution in [0, 0.1) is 0 Å². The molecule has 1 atom stereocenters. The molecule has 0 radical (unpaired) electrons. The molecule has 6 nitrogen and oxygen atoms in total.